The van der Waals surface area contributed by atoms with Crippen molar-refractivity contribution in [1.29, 1.82) is 0 Å². The molecule has 148 valence electrons. The van der Waals surface area contributed by atoms with E-state index in [1.54, 1.807) is 11.3 Å². The molecule has 1 aromatic heterocycles. The predicted octanol–water partition coefficient (Wildman–Crippen LogP) is 3.99. The van der Waals surface area contributed by atoms with Gasteiger partial charge in [-0.05, 0) is 25.6 Å². The molecular weight excluding hydrogens is 392 g/mol. The number of hydrogen-bond acceptors (Lipinski definition) is 4. The number of urea groups is 1. The standard InChI is InChI=1S/C21H25ClN4OS/c1-3-15-14-17-19(16-6-4-5-7-18(16)22)23-8-9-26(20(17)28-15)21(27)25-12-10-24(2)11-13-25/h4-7,14H,3,8-13H2,1-2H3. The van der Waals surface area contributed by atoms with Crippen LogP contribution in [0.2, 0.25) is 5.02 Å². The number of rotatable bonds is 2. The summed E-state index contributed by atoms with van der Waals surface area (Å²) in [6.45, 7) is 6.68. The van der Waals surface area contributed by atoms with Crippen molar-refractivity contribution in [2.45, 2.75) is 13.3 Å². The fourth-order valence-electron chi connectivity index (χ4n) is 3.66. The minimum absolute atomic E-state index is 0.0921. The van der Waals surface area contributed by atoms with Gasteiger partial charge in [-0.2, -0.15) is 0 Å². The van der Waals surface area contributed by atoms with Gasteiger partial charge in [0.05, 0.1) is 12.3 Å². The lowest BCUT2D eigenvalue weighted by atomic mass is 10.0. The van der Waals surface area contributed by atoms with Gasteiger partial charge in [-0.1, -0.05) is 36.7 Å². The molecule has 2 amide bonds. The number of aliphatic imine (C=N–C) groups is 1. The molecule has 0 bridgehead atoms. The molecule has 0 radical (unpaired) electrons. The SMILES string of the molecule is CCc1cc2c(s1)N(C(=O)N1CCN(C)CC1)CCN=C2c1ccccc1Cl. The van der Waals surface area contributed by atoms with Crippen LogP contribution in [0.4, 0.5) is 9.80 Å². The lowest BCUT2D eigenvalue weighted by molar-refractivity contribution is 0.159. The minimum atomic E-state index is 0.0921. The van der Waals surface area contributed by atoms with E-state index in [4.69, 9.17) is 16.6 Å². The summed E-state index contributed by atoms with van der Waals surface area (Å²) in [7, 11) is 2.10. The third kappa shape index (κ3) is 3.69. The largest absolute Gasteiger partial charge is 0.325 e. The number of benzene rings is 1. The van der Waals surface area contributed by atoms with Gasteiger partial charge in [0, 0.05) is 53.8 Å². The van der Waals surface area contributed by atoms with Crippen LogP contribution in [0, 0.1) is 0 Å². The van der Waals surface area contributed by atoms with Crippen molar-refractivity contribution in [1.82, 2.24) is 9.80 Å². The molecule has 0 aliphatic carbocycles. The van der Waals surface area contributed by atoms with Crippen LogP contribution in [0.15, 0.2) is 35.3 Å². The maximum atomic E-state index is 13.3. The van der Waals surface area contributed by atoms with E-state index in [1.807, 2.05) is 34.1 Å². The summed E-state index contributed by atoms with van der Waals surface area (Å²) in [4.78, 5) is 25.6. The van der Waals surface area contributed by atoms with Crippen molar-refractivity contribution in [2.24, 2.45) is 4.99 Å². The third-order valence-electron chi connectivity index (χ3n) is 5.34. The van der Waals surface area contributed by atoms with Crippen molar-refractivity contribution in [3.63, 3.8) is 0 Å². The summed E-state index contributed by atoms with van der Waals surface area (Å²) < 4.78 is 0. The number of nitrogens with zero attached hydrogens (tertiary/aromatic N) is 4. The number of amides is 2. The Morgan fingerprint density at radius 3 is 2.61 bits per heavy atom. The second-order valence-corrected chi connectivity index (χ2v) is 8.74. The second kappa shape index (κ2) is 8.23. The van der Waals surface area contributed by atoms with Crippen LogP contribution in [0.25, 0.3) is 0 Å². The number of fused-ring (bicyclic) bond motifs is 1. The highest BCUT2D eigenvalue weighted by Crippen LogP contribution is 2.37. The average Bonchev–Trinajstić information content (AvgIpc) is 3.05. The molecule has 1 fully saturated rings. The zero-order chi connectivity index (χ0) is 19.7. The number of carbonyl (C=O) groups is 1. The number of halogens is 1. The Bertz CT molecular complexity index is 902. The smallest absolute Gasteiger partial charge is 0.322 e. The Kier molecular flexibility index (Phi) is 5.71. The molecule has 3 heterocycles. The lowest BCUT2D eigenvalue weighted by Gasteiger charge is -2.35. The fourth-order valence-corrected chi connectivity index (χ4v) is 5.00. The van der Waals surface area contributed by atoms with E-state index in [2.05, 4.69) is 24.9 Å². The Morgan fingerprint density at radius 1 is 1.14 bits per heavy atom. The van der Waals surface area contributed by atoms with Crippen molar-refractivity contribution in [3.8, 4) is 0 Å². The van der Waals surface area contributed by atoms with Gasteiger partial charge in [0.25, 0.3) is 0 Å². The Balaban J connectivity index is 1.71. The molecule has 4 rings (SSSR count). The summed E-state index contributed by atoms with van der Waals surface area (Å²) in [5, 5.41) is 1.69. The molecule has 0 saturated carbocycles. The first-order chi connectivity index (χ1) is 13.6. The van der Waals surface area contributed by atoms with E-state index in [0.29, 0.717) is 18.1 Å². The van der Waals surface area contributed by atoms with Crippen LogP contribution in [-0.2, 0) is 6.42 Å². The molecule has 28 heavy (non-hydrogen) atoms. The van der Waals surface area contributed by atoms with Crippen molar-refractivity contribution >= 4 is 39.7 Å². The van der Waals surface area contributed by atoms with Gasteiger partial charge in [0.2, 0.25) is 0 Å². The monoisotopic (exact) mass is 416 g/mol. The Hall–Kier alpha value is -1.89. The summed E-state index contributed by atoms with van der Waals surface area (Å²) in [6, 6.07) is 10.1. The summed E-state index contributed by atoms with van der Waals surface area (Å²) in [6.07, 6.45) is 0.935. The Morgan fingerprint density at radius 2 is 1.89 bits per heavy atom. The molecule has 2 aliphatic rings. The zero-order valence-corrected chi connectivity index (χ0v) is 17.9. The minimum Gasteiger partial charge on any atom is -0.322 e. The highest BCUT2D eigenvalue weighted by molar-refractivity contribution is 7.16. The van der Waals surface area contributed by atoms with Crippen LogP contribution in [0.1, 0.15) is 22.9 Å². The predicted molar refractivity (Wildman–Crippen MR) is 117 cm³/mol. The van der Waals surface area contributed by atoms with E-state index < -0.39 is 0 Å². The lowest BCUT2D eigenvalue weighted by Crippen LogP contribution is -2.52. The number of hydrogen-bond donors (Lipinski definition) is 0. The molecule has 0 N–H and O–H groups in total. The van der Waals surface area contributed by atoms with Crippen molar-refractivity contribution in [2.75, 3.05) is 51.2 Å². The van der Waals surface area contributed by atoms with Gasteiger partial charge in [0.1, 0.15) is 5.00 Å². The maximum absolute atomic E-state index is 13.3. The second-order valence-electron chi connectivity index (χ2n) is 7.22. The maximum Gasteiger partial charge on any atom is 0.325 e. The molecule has 2 aromatic rings. The Labute approximate surface area is 175 Å². The number of anilines is 1. The number of aryl methyl sites for hydroxylation is 1. The zero-order valence-electron chi connectivity index (χ0n) is 16.3. The topological polar surface area (TPSA) is 39.2 Å². The van der Waals surface area contributed by atoms with Crippen molar-refractivity contribution < 1.29 is 4.79 Å². The third-order valence-corrected chi connectivity index (χ3v) is 6.97. The first-order valence-corrected chi connectivity index (χ1v) is 11.0. The van der Waals surface area contributed by atoms with Crippen LogP contribution in [0.5, 0.6) is 0 Å². The molecule has 7 heteroatoms. The number of carbonyl (C=O) groups excluding carboxylic acids is 1. The molecule has 5 nitrogen and oxygen atoms in total. The summed E-state index contributed by atoms with van der Waals surface area (Å²) in [5.74, 6) is 0. The summed E-state index contributed by atoms with van der Waals surface area (Å²) in [5.41, 5.74) is 2.85. The quantitative estimate of drug-likeness (QED) is 0.742. The first-order valence-electron chi connectivity index (χ1n) is 9.76. The van der Waals surface area contributed by atoms with E-state index in [9.17, 15) is 4.79 Å². The van der Waals surface area contributed by atoms with Gasteiger partial charge >= 0.3 is 6.03 Å². The van der Waals surface area contributed by atoms with Crippen LogP contribution < -0.4 is 4.90 Å². The molecule has 1 saturated heterocycles. The van der Waals surface area contributed by atoms with Crippen LogP contribution in [-0.4, -0.2) is 67.9 Å². The molecule has 0 unspecified atom stereocenters. The van der Waals surface area contributed by atoms with Gasteiger partial charge in [-0.3, -0.25) is 9.89 Å². The molecule has 0 spiro atoms. The average molecular weight is 417 g/mol. The van der Waals surface area contributed by atoms with E-state index in [0.717, 1.165) is 54.4 Å². The molecule has 1 aromatic carbocycles. The van der Waals surface area contributed by atoms with Gasteiger partial charge < -0.3 is 9.80 Å². The molecule has 2 aliphatic heterocycles. The summed E-state index contributed by atoms with van der Waals surface area (Å²) >= 11 is 8.18. The number of likely N-dealkylation sites (N-methyl/N-ethyl adjacent to an activating group) is 1. The normalized spacial score (nSPS) is 17.9. The van der Waals surface area contributed by atoms with Crippen molar-refractivity contribution in [3.05, 3.63) is 51.4 Å². The first kappa shape index (κ1) is 19.4. The van der Waals surface area contributed by atoms with Crippen LogP contribution in [0.3, 0.4) is 0 Å². The molecular formula is C21H25ClN4OS. The highest BCUT2D eigenvalue weighted by atomic mass is 35.5. The van der Waals surface area contributed by atoms with E-state index in [1.165, 1.54) is 4.88 Å². The van der Waals surface area contributed by atoms with E-state index in [-0.39, 0.29) is 6.03 Å². The number of thiophene rings is 1. The van der Waals surface area contributed by atoms with Crippen LogP contribution >= 0.6 is 22.9 Å². The highest BCUT2D eigenvalue weighted by Gasteiger charge is 2.31. The fraction of sp³-hybridized carbons (Fsp3) is 0.429. The van der Waals surface area contributed by atoms with E-state index >= 15 is 0 Å². The number of piperazine rings is 1. The van der Waals surface area contributed by atoms with Gasteiger partial charge in [-0.25, -0.2) is 4.79 Å². The van der Waals surface area contributed by atoms with Gasteiger partial charge in [-0.15, -0.1) is 11.3 Å². The molecule has 0 atom stereocenters. The van der Waals surface area contributed by atoms with Gasteiger partial charge in [0.15, 0.2) is 0 Å².